The van der Waals surface area contributed by atoms with E-state index in [2.05, 4.69) is 0 Å². The van der Waals surface area contributed by atoms with Crippen LogP contribution in [0.4, 0.5) is 0 Å². The fraction of sp³-hybridized carbons (Fsp3) is 0.211. The summed E-state index contributed by atoms with van der Waals surface area (Å²) in [5, 5.41) is 18.4. The van der Waals surface area contributed by atoms with E-state index in [1.807, 2.05) is 36.4 Å². The number of phenols is 2. The number of carbonyl (C=O) groups excluding carboxylic acids is 1. The van der Waals surface area contributed by atoms with Crippen molar-refractivity contribution in [3.8, 4) is 11.5 Å². The molecule has 0 unspecified atom stereocenters. The number of phenolic OH excluding ortho intramolecular Hbond substituents is 2. The second-order valence-electron chi connectivity index (χ2n) is 5.25. The lowest BCUT2D eigenvalue weighted by Crippen LogP contribution is -1.98. The SMILES string of the molecule is O=C(C/C=C/Cc1ccc(O)cc1)CCc1ccc(O)cc1. The maximum atomic E-state index is 11.8. The molecule has 114 valence electrons. The Kier molecular flexibility index (Phi) is 5.78. The molecule has 3 nitrogen and oxygen atoms in total. The maximum Gasteiger partial charge on any atom is 0.136 e. The van der Waals surface area contributed by atoms with Crippen LogP contribution >= 0.6 is 0 Å². The van der Waals surface area contributed by atoms with Gasteiger partial charge in [-0.3, -0.25) is 4.79 Å². The lowest BCUT2D eigenvalue weighted by Gasteiger charge is -2.00. The Bertz CT molecular complexity index is 625. The van der Waals surface area contributed by atoms with E-state index >= 15 is 0 Å². The summed E-state index contributed by atoms with van der Waals surface area (Å²) in [5.74, 6) is 0.708. The monoisotopic (exact) mass is 296 g/mol. The highest BCUT2D eigenvalue weighted by molar-refractivity contribution is 5.80. The van der Waals surface area contributed by atoms with Crippen molar-refractivity contribution in [2.75, 3.05) is 0 Å². The third-order valence-corrected chi connectivity index (χ3v) is 3.43. The van der Waals surface area contributed by atoms with E-state index in [0.29, 0.717) is 19.3 Å². The minimum Gasteiger partial charge on any atom is -0.508 e. The largest absolute Gasteiger partial charge is 0.508 e. The molecule has 0 bridgehead atoms. The van der Waals surface area contributed by atoms with Crippen LogP contribution in [0.5, 0.6) is 11.5 Å². The Morgan fingerprint density at radius 1 is 0.818 bits per heavy atom. The first-order chi connectivity index (χ1) is 10.6. The summed E-state index contributed by atoms with van der Waals surface area (Å²) in [4.78, 5) is 11.8. The standard InChI is InChI=1S/C19H20O3/c20-17(10-7-16-8-13-19(22)14-9-16)4-2-1-3-15-5-11-18(21)12-6-15/h1-2,5-6,8-9,11-14,21-22H,3-4,7,10H2/b2-1+. The number of hydrogen-bond acceptors (Lipinski definition) is 3. The van der Waals surface area contributed by atoms with Crippen LogP contribution in [-0.2, 0) is 17.6 Å². The number of carbonyl (C=O) groups is 1. The van der Waals surface area contributed by atoms with E-state index in [0.717, 1.165) is 17.5 Å². The van der Waals surface area contributed by atoms with Gasteiger partial charge in [-0.15, -0.1) is 0 Å². The highest BCUT2D eigenvalue weighted by atomic mass is 16.3. The molecule has 2 N–H and O–H groups in total. The predicted molar refractivity (Wildman–Crippen MR) is 87.0 cm³/mol. The summed E-state index contributed by atoms with van der Waals surface area (Å²) in [6.45, 7) is 0. The second-order valence-corrected chi connectivity index (χ2v) is 5.25. The number of aromatic hydroxyl groups is 2. The molecular weight excluding hydrogens is 276 g/mol. The number of Topliss-reactive ketones (excluding diaryl/α,β-unsaturated/α-hetero) is 1. The second kappa shape index (κ2) is 8.03. The van der Waals surface area contributed by atoms with Crippen LogP contribution in [0.3, 0.4) is 0 Å². The van der Waals surface area contributed by atoms with Crippen molar-refractivity contribution in [2.45, 2.75) is 25.7 Å². The van der Waals surface area contributed by atoms with Crippen LogP contribution in [-0.4, -0.2) is 16.0 Å². The van der Waals surface area contributed by atoms with Crippen LogP contribution in [0.25, 0.3) is 0 Å². The van der Waals surface area contributed by atoms with E-state index < -0.39 is 0 Å². The van der Waals surface area contributed by atoms with Gasteiger partial charge in [0, 0.05) is 12.8 Å². The van der Waals surface area contributed by atoms with Crippen LogP contribution in [0.2, 0.25) is 0 Å². The van der Waals surface area contributed by atoms with Gasteiger partial charge in [0.2, 0.25) is 0 Å². The van der Waals surface area contributed by atoms with E-state index in [-0.39, 0.29) is 17.3 Å². The van der Waals surface area contributed by atoms with Crippen molar-refractivity contribution in [3.05, 3.63) is 71.8 Å². The molecule has 2 aromatic rings. The molecule has 0 atom stereocenters. The average molecular weight is 296 g/mol. The van der Waals surface area contributed by atoms with Gasteiger partial charge in [-0.1, -0.05) is 36.4 Å². The van der Waals surface area contributed by atoms with Gasteiger partial charge >= 0.3 is 0 Å². The molecule has 0 saturated carbocycles. The van der Waals surface area contributed by atoms with Gasteiger partial charge in [-0.25, -0.2) is 0 Å². The number of ketones is 1. The zero-order valence-electron chi connectivity index (χ0n) is 12.4. The molecule has 0 aliphatic rings. The highest BCUT2D eigenvalue weighted by Crippen LogP contribution is 2.12. The number of allylic oxidation sites excluding steroid dienone is 2. The Hall–Kier alpha value is -2.55. The zero-order valence-corrected chi connectivity index (χ0v) is 12.4. The lowest BCUT2D eigenvalue weighted by atomic mass is 10.1. The Labute approximate surface area is 130 Å². The molecular formula is C19H20O3. The van der Waals surface area contributed by atoms with Crippen LogP contribution in [0.15, 0.2) is 60.7 Å². The average Bonchev–Trinajstić information content (AvgIpc) is 2.53. The van der Waals surface area contributed by atoms with Crippen molar-refractivity contribution in [2.24, 2.45) is 0 Å². The minimum atomic E-state index is 0.204. The van der Waals surface area contributed by atoms with Crippen molar-refractivity contribution in [1.29, 1.82) is 0 Å². The molecule has 0 saturated heterocycles. The zero-order chi connectivity index (χ0) is 15.8. The predicted octanol–water partition coefficient (Wildman–Crippen LogP) is 3.79. The topological polar surface area (TPSA) is 57.5 Å². The Balaban J connectivity index is 1.69. The maximum absolute atomic E-state index is 11.8. The molecule has 2 rings (SSSR count). The molecule has 0 aliphatic carbocycles. The molecule has 0 heterocycles. The fourth-order valence-electron chi connectivity index (χ4n) is 2.11. The number of hydrogen-bond donors (Lipinski definition) is 2. The van der Waals surface area contributed by atoms with Gasteiger partial charge in [0.05, 0.1) is 0 Å². The molecule has 0 spiro atoms. The summed E-state index contributed by atoms with van der Waals surface area (Å²) in [6.07, 6.45) is 6.28. The van der Waals surface area contributed by atoms with Gasteiger partial charge in [0.15, 0.2) is 0 Å². The van der Waals surface area contributed by atoms with Crippen LogP contribution in [0.1, 0.15) is 24.0 Å². The van der Waals surface area contributed by atoms with Gasteiger partial charge in [0.25, 0.3) is 0 Å². The first-order valence-corrected chi connectivity index (χ1v) is 7.36. The third-order valence-electron chi connectivity index (χ3n) is 3.43. The summed E-state index contributed by atoms with van der Waals surface area (Å²) in [7, 11) is 0. The van der Waals surface area contributed by atoms with E-state index in [1.54, 1.807) is 24.3 Å². The van der Waals surface area contributed by atoms with E-state index in [9.17, 15) is 15.0 Å². The van der Waals surface area contributed by atoms with E-state index in [4.69, 9.17) is 0 Å². The van der Waals surface area contributed by atoms with Gasteiger partial charge in [-0.2, -0.15) is 0 Å². The molecule has 22 heavy (non-hydrogen) atoms. The van der Waals surface area contributed by atoms with Crippen molar-refractivity contribution >= 4 is 5.78 Å². The molecule has 0 aromatic heterocycles. The molecule has 3 heteroatoms. The molecule has 0 fully saturated rings. The molecule has 0 amide bonds. The van der Waals surface area contributed by atoms with Crippen molar-refractivity contribution in [1.82, 2.24) is 0 Å². The smallest absolute Gasteiger partial charge is 0.136 e. The summed E-state index contributed by atoms with van der Waals surface area (Å²) in [5.41, 5.74) is 2.16. The minimum absolute atomic E-state index is 0.204. The first kappa shape index (κ1) is 15.8. The van der Waals surface area contributed by atoms with Gasteiger partial charge < -0.3 is 10.2 Å². The fourth-order valence-corrected chi connectivity index (χ4v) is 2.11. The first-order valence-electron chi connectivity index (χ1n) is 7.36. The highest BCUT2D eigenvalue weighted by Gasteiger charge is 2.01. The lowest BCUT2D eigenvalue weighted by molar-refractivity contribution is -0.118. The van der Waals surface area contributed by atoms with E-state index in [1.165, 1.54) is 0 Å². The quantitative estimate of drug-likeness (QED) is 0.764. The number of aryl methyl sites for hydroxylation is 1. The number of benzene rings is 2. The van der Waals surface area contributed by atoms with Gasteiger partial charge in [0.1, 0.15) is 17.3 Å². The number of rotatable bonds is 7. The molecule has 0 radical (unpaired) electrons. The Morgan fingerprint density at radius 3 is 1.95 bits per heavy atom. The van der Waals surface area contributed by atoms with Crippen LogP contribution < -0.4 is 0 Å². The Morgan fingerprint density at radius 2 is 1.36 bits per heavy atom. The summed E-state index contributed by atoms with van der Waals surface area (Å²) < 4.78 is 0. The van der Waals surface area contributed by atoms with Gasteiger partial charge in [-0.05, 0) is 48.2 Å². The molecule has 2 aromatic carbocycles. The molecule has 0 aliphatic heterocycles. The van der Waals surface area contributed by atoms with Crippen molar-refractivity contribution in [3.63, 3.8) is 0 Å². The van der Waals surface area contributed by atoms with Crippen LogP contribution in [0, 0.1) is 0 Å². The summed E-state index contributed by atoms with van der Waals surface area (Å²) in [6, 6.07) is 14.0. The van der Waals surface area contributed by atoms with Crippen molar-refractivity contribution < 1.29 is 15.0 Å². The summed E-state index contributed by atoms with van der Waals surface area (Å²) >= 11 is 0. The normalized spacial score (nSPS) is 10.9. The third kappa shape index (κ3) is 5.44.